The predicted molar refractivity (Wildman–Crippen MR) is 81.6 cm³/mol. The van der Waals surface area contributed by atoms with Gasteiger partial charge in [-0.1, -0.05) is 36.4 Å². The zero-order valence-corrected chi connectivity index (χ0v) is 11.0. The summed E-state index contributed by atoms with van der Waals surface area (Å²) >= 11 is 0. The van der Waals surface area contributed by atoms with E-state index >= 15 is 0 Å². The number of para-hydroxylation sites is 1. The molecular weight excluding hydrogens is 247 g/mol. The lowest BCUT2D eigenvalue weighted by Gasteiger charge is -2.06. The first-order valence-electron chi connectivity index (χ1n) is 6.51. The summed E-state index contributed by atoms with van der Waals surface area (Å²) in [7, 11) is 0. The predicted octanol–water partition coefficient (Wildman–Crippen LogP) is 3.60. The van der Waals surface area contributed by atoms with Crippen LogP contribution in [0.2, 0.25) is 0 Å². The summed E-state index contributed by atoms with van der Waals surface area (Å²) in [5, 5.41) is 0.898. The third-order valence-electron chi connectivity index (χ3n) is 2.87. The minimum atomic E-state index is 0.898. The number of hydrogen-bond donors (Lipinski definition) is 1. The molecule has 0 atom stereocenters. The molecule has 0 amide bonds. The van der Waals surface area contributed by atoms with E-state index in [9.17, 15) is 0 Å². The number of benzene rings is 1. The molecule has 0 fully saturated rings. The number of hydrogen-bond acceptors (Lipinski definition) is 2. The van der Waals surface area contributed by atoms with Crippen LogP contribution in [0.4, 0.5) is 11.4 Å². The van der Waals surface area contributed by atoms with Crippen LogP contribution in [0.3, 0.4) is 0 Å². The Morgan fingerprint density at radius 3 is 2.10 bits per heavy atom. The monoisotopic (exact) mass is 262 g/mol. The van der Waals surface area contributed by atoms with E-state index in [1.54, 1.807) is 0 Å². The molecule has 0 saturated heterocycles. The molecule has 0 radical (unpaired) electrons. The lowest BCUT2D eigenvalue weighted by atomic mass is 10.3. The molecule has 0 aliphatic rings. The van der Waals surface area contributed by atoms with Crippen molar-refractivity contribution in [2.24, 2.45) is 4.99 Å². The molecule has 0 saturated carbocycles. The van der Waals surface area contributed by atoms with Crippen LogP contribution in [0.15, 0.2) is 90.2 Å². The number of nitrogens with zero attached hydrogens (tertiary/aromatic N) is 2. The molecule has 3 nitrogen and oxygen atoms in total. The van der Waals surface area contributed by atoms with Gasteiger partial charge in [0.25, 0.3) is 0 Å². The van der Waals surface area contributed by atoms with E-state index in [4.69, 9.17) is 0 Å². The Morgan fingerprint density at radius 2 is 1.35 bits per heavy atom. The topological polar surface area (TPSA) is 29.3 Å². The van der Waals surface area contributed by atoms with Crippen molar-refractivity contribution in [3.05, 3.63) is 90.5 Å². The van der Waals surface area contributed by atoms with Gasteiger partial charge >= 0.3 is 0 Å². The highest BCUT2D eigenvalue weighted by Gasteiger charge is 1.95. The third-order valence-corrected chi connectivity index (χ3v) is 2.87. The van der Waals surface area contributed by atoms with Gasteiger partial charge in [-0.25, -0.2) is 4.99 Å². The van der Waals surface area contributed by atoms with Gasteiger partial charge in [0.1, 0.15) is 0 Å². The highest BCUT2D eigenvalue weighted by Crippen LogP contribution is 2.09. The van der Waals surface area contributed by atoms with Gasteiger partial charge in [0.15, 0.2) is 0 Å². The van der Waals surface area contributed by atoms with Crippen molar-refractivity contribution >= 4 is 11.4 Å². The quantitative estimate of drug-likeness (QED) is 0.718. The molecule has 0 unspecified atom stereocenters. The van der Waals surface area contributed by atoms with Gasteiger partial charge in [-0.3, -0.25) is 10.1 Å². The van der Waals surface area contributed by atoms with Gasteiger partial charge < -0.3 is 0 Å². The smallest absolute Gasteiger partial charge is 0.0886 e. The number of anilines is 1. The summed E-state index contributed by atoms with van der Waals surface area (Å²) in [6.45, 7) is 0. The van der Waals surface area contributed by atoms with Crippen molar-refractivity contribution < 1.29 is 0 Å². The van der Waals surface area contributed by atoms with Crippen LogP contribution in [0.5, 0.6) is 0 Å². The summed E-state index contributed by atoms with van der Waals surface area (Å²) in [6, 6.07) is 23.9. The number of nitrogens with one attached hydrogen (secondary N) is 1. The van der Waals surface area contributed by atoms with Crippen LogP contribution in [0, 0.1) is 0 Å². The van der Waals surface area contributed by atoms with Crippen LogP contribution in [-0.2, 0) is 0 Å². The minimum Gasteiger partial charge on any atom is -0.293 e. The molecule has 3 heteroatoms. The molecule has 0 aliphatic heterocycles. The van der Waals surface area contributed by atoms with E-state index < -0.39 is 0 Å². The van der Waals surface area contributed by atoms with Gasteiger partial charge in [0.05, 0.1) is 16.7 Å². The first kappa shape index (κ1) is 12.2. The molecule has 1 heterocycles. The molecule has 2 aromatic carbocycles. The van der Waals surface area contributed by atoms with Crippen molar-refractivity contribution in [2.45, 2.75) is 0 Å². The van der Waals surface area contributed by atoms with Crippen LogP contribution >= 0.6 is 0 Å². The molecule has 98 valence electrons. The van der Waals surface area contributed by atoms with Crippen molar-refractivity contribution in [3.8, 4) is 0 Å². The van der Waals surface area contributed by atoms with Gasteiger partial charge in [-0.15, -0.1) is 0 Å². The summed E-state index contributed by atoms with van der Waals surface area (Å²) in [6.07, 6.45) is 3.92. The van der Waals surface area contributed by atoms with E-state index in [0.29, 0.717) is 0 Å². The second-order valence-corrected chi connectivity index (χ2v) is 4.36. The Labute approximate surface area is 117 Å². The summed E-state index contributed by atoms with van der Waals surface area (Å²) in [5.41, 5.74) is 5.21. The lowest BCUT2D eigenvalue weighted by molar-refractivity contribution is 0.966. The van der Waals surface area contributed by atoms with Crippen LogP contribution in [-0.4, -0.2) is 4.68 Å². The molecule has 1 aromatic heterocycles. The van der Waals surface area contributed by atoms with E-state index in [1.807, 2.05) is 89.9 Å². The van der Waals surface area contributed by atoms with Gasteiger partial charge in [-0.2, -0.15) is 0 Å². The van der Waals surface area contributed by atoms with E-state index in [-0.39, 0.29) is 0 Å². The van der Waals surface area contributed by atoms with Crippen molar-refractivity contribution in [2.75, 3.05) is 5.43 Å². The van der Waals surface area contributed by atoms with Gasteiger partial charge in [0, 0.05) is 12.4 Å². The number of rotatable bonds is 3. The Bertz CT molecular complexity index is 731. The van der Waals surface area contributed by atoms with E-state index in [2.05, 4.69) is 10.4 Å². The highest BCUT2D eigenvalue weighted by molar-refractivity contribution is 5.44. The molecule has 3 rings (SSSR count). The largest absolute Gasteiger partial charge is 0.293 e. The fraction of sp³-hybridized carbons (Fsp3) is 0. The fourth-order valence-corrected chi connectivity index (χ4v) is 1.92. The zero-order valence-electron chi connectivity index (χ0n) is 11.0. The molecule has 3 aromatic rings. The normalized spacial score (nSPS) is 11.3. The summed E-state index contributed by atoms with van der Waals surface area (Å²) in [5.74, 6) is 0. The van der Waals surface area contributed by atoms with Crippen molar-refractivity contribution in [1.29, 1.82) is 0 Å². The molecule has 0 bridgehead atoms. The summed E-state index contributed by atoms with van der Waals surface area (Å²) < 4.78 is 1.90. The Balaban J connectivity index is 2.06. The zero-order chi connectivity index (χ0) is 13.6. The molecule has 20 heavy (non-hydrogen) atoms. The number of aromatic nitrogens is 1. The van der Waals surface area contributed by atoms with E-state index in [0.717, 1.165) is 16.7 Å². The second-order valence-electron chi connectivity index (χ2n) is 4.36. The average Bonchev–Trinajstić information content (AvgIpc) is 2.89. The maximum Gasteiger partial charge on any atom is 0.0886 e. The standard InChI is InChI=1S/C17H15N3/c1-3-9-15(10-4-1)18-16-11-5-2-6-12-17(16)19-20-13-7-8-14-20/h1-14H,(H,18,19)/i19+1. The van der Waals surface area contributed by atoms with Gasteiger partial charge in [0.2, 0.25) is 0 Å². The summed E-state index contributed by atoms with van der Waals surface area (Å²) in [4.78, 5) is 4.69. The van der Waals surface area contributed by atoms with Crippen molar-refractivity contribution in [3.63, 3.8) is 0 Å². The Kier molecular flexibility index (Phi) is 3.60. The van der Waals surface area contributed by atoms with Crippen LogP contribution in [0.1, 0.15) is 0 Å². The highest BCUT2D eigenvalue weighted by atomic mass is 15.9. The SMILES string of the molecule is c1ccc(N=c2cccccc2[15NH]n2cccc2)cc1. The lowest BCUT2D eigenvalue weighted by Crippen LogP contribution is -2.13. The van der Waals surface area contributed by atoms with Crippen LogP contribution < -0.4 is 10.8 Å². The first-order chi connectivity index (χ1) is 9.92. The molecule has 1 N–H and O–H groups in total. The average molecular weight is 262 g/mol. The molecular formula is C17H15N3. The first-order valence-corrected chi connectivity index (χ1v) is 6.51. The fourth-order valence-electron chi connectivity index (χ4n) is 1.92. The maximum atomic E-state index is 4.69. The molecule has 0 spiro atoms. The van der Waals surface area contributed by atoms with Crippen LogP contribution in [0.25, 0.3) is 0 Å². The Hall–Kier alpha value is -2.81. The minimum absolute atomic E-state index is 0.898. The molecule has 0 aliphatic carbocycles. The van der Waals surface area contributed by atoms with E-state index in [1.165, 1.54) is 0 Å². The van der Waals surface area contributed by atoms with Crippen molar-refractivity contribution in [1.82, 2.24) is 4.68 Å². The van der Waals surface area contributed by atoms with Gasteiger partial charge in [-0.05, 0) is 36.4 Å². The Morgan fingerprint density at radius 1 is 0.700 bits per heavy atom. The second kappa shape index (κ2) is 5.89. The third kappa shape index (κ3) is 2.95. The maximum absolute atomic E-state index is 4.69.